The Balaban J connectivity index is 2.81. The molecule has 0 spiro atoms. The molecule has 1 fully saturated rings. The molecule has 16 heavy (non-hydrogen) atoms. The quantitative estimate of drug-likeness (QED) is 0.785. The first-order valence-corrected chi connectivity index (χ1v) is 6.56. The SMILES string of the molecule is CCN(C1CCCCC1)C(C)(CC)C(=O)O. The molecule has 0 aromatic heterocycles. The number of hydrogen-bond donors (Lipinski definition) is 1. The van der Waals surface area contributed by atoms with E-state index < -0.39 is 11.5 Å². The van der Waals surface area contributed by atoms with Crippen LogP contribution in [-0.4, -0.2) is 34.1 Å². The topological polar surface area (TPSA) is 40.5 Å². The molecule has 0 aromatic rings. The summed E-state index contributed by atoms with van der Waals surface area (Å²) in [5.41, 5.74) is -0.684. The molecule has 1 aliphatic rings. The number of hydrogen-bond acceptors (Lipinski definition) is 2. The minimum absolute atomic E-state index is 0.472. The zero-order chi connectivity index (χ0) is 12.2. The lowest BCUT2D eigenvalue weighted by Gasteiger charge is -2.43. The maximum atomic E-state index is 11.5. The van der Waals surface area contributed by atoms with E-state index in [2.05, 4.69) is 11.8 Å². The lowest BCUT2D eigenvalue weighted by Crippen LogP contribution is -2.56. The van der Waals surface area contributed by atoms with Gasteiger partial charge < -0.3 is 5.11 Å². The minimum atomic E-state index is -0.684. The van der Waals surface area contributed by atoms with Crippen LogP contribution in [0.15, 0.2) is 0 Å². The van der Waals surface area contributed by atoms with Gasteiger partial charge in [-0.3, -0.25) is 9.69 Å². The summed E-state index contributed by atoms with van der Waals surface area (Å²) in [5.74, 6) is -0.678. The molecule has 0 heterocycles. The van der Waals surface area contributed by atoms with Crippen molar-refractivity contribution >= 4 is 5.97 Å². The van der Waals surface area contributed by atoms with Crippen LogP contribution in [0.2, 0.25) is 0 Å². The van der Waals surface area contributed by atoms with Crippen molar-refractivity contribution in [3.8, 4) is 0 Å². The Labute approximate surface area is 98.8 Å². The van der Waals surface area contributed by atoms with Crippen molar-refractivity contribution in [2.75, 3.05) is 6.54 Å². The first-order chi connectivity index (χ1) is 7.56. The molecule has 3 heteroatoms. The molecule has 1 aliphatic carbocycles. The van der Waals surface area contributed by atoms with Gasteiger partial charge in [0, 0.05) is 6.04 Å². The Morgan fingerprint density at radius 3 is 2.25 bits per heavy atom. The van der Waals surface area contributed by atoms with E-state index in [9.17, 15) is 9.90 Å². The number of nitrogens with zero attached hydrogens (tertiary/aromatic N) is 1. The van der Waals surface area contributed by atoms with Gasteiger partial charge in [-0.15, -0.1) is 0 Å². The van der Waals surface area contributed by atoms with E-state index in [1.165, 1.54) is 19.3 Å². The van der Waals surface area contributed by atoms with E-state index in [0.717, 1.165) is 19.4 Å². The molecule has 0 saturated heterocycles. The first-order valence-electron chi connectivity index (χ1n) is 6.56. The van der Waals surface area contributed by atoms with Gasteiger partial charge in [0.25, 0.3) is 0 Å². The lowest BCUT2D eigenvalue weighted by atomic mass is 9.88. The van der Waals surface area contributed by atoms with E-state index in [4.69, 9.17) is 0 Å². The number of aliphatic carboxylic acids is 1. The van der Waals surface area contributed by atoms with Gasteiger partial charge in [-0.2, -0.15) is 0 Å². The minimum Gasteiger partial charge on any atom is -0.480 e. The highest BCUT2D eigenvalue weighted by molar-refractivity contribution is 5.78. The predicted octanol–water partition coefficient (Wildman–Crippen LogP) is 2.89. The summed E-state index contributed by atoms with van der Waals surface area (Å²) < 4.78 is 0. The van der Waals surface area contributed by atoms with Gasteiger partial charge in [0.15, 0.2) is 0 Å². The Kier molecular flexibility index (Phi) is 4.78. The van der Waals surface area contributed by atoms with Gasteiger partial charge >= 0.3 is 5.97 Å². The molecule has 94 valence electrons. The van der Waals surface area contributed by atoms with Gasteiger partial charge in [-0.1, -0.05) is 33.1 Å². The second kappa shape index (κ2) is 5.67. The first kappa shape index (κ1) is 13.5. The summed E-state index contributed by atoms with van der Waals surface area (Å²) >= 11 is 0. The van der Waals surface area contributed by atoms with Crippen LogP contribution >= 0.6 is 0 Å². The molecule has 1 rings (SSSR count). The average Bonchev–Trinajstić information content (AvgIpc) is 2.30. The van der Waals surface area contributed by atoms with Crippen LogP contribution in [0.4, 0.5) is 0 Å². The van der Waals surface area contributed by atoms with Crippen molar-refractivity contribution in [1.29, 1.82) is 0 Å². The van der Waals surface area contributed by atoms with Crippen molar-refractivity contribution in [3.05, 3.63) is 0 Å². The van der Waals surface area contributed by atoms with Crippen LogP contribution in [0.3, 0.4) is 0 Å². The third-order valence-electron chi connectivity index (χ3n) is 4.14. The fourth-order valence-corrected chi connectivity index (χ4v) is 2.88. The second-order valence-corrected chi connectivity index (χ2v) is 5.01. The molecule has 3 nitrogen and oxygen atoms in total. The molecule has 0 bridgehead atoms. The maximum absolute atomic E-state index is 11.5. The zero-order valence-corrected chi connectivity index (χ0v) is 10.8. The molecule has 0 radical (unpaired) electrons. The van der Waals surface area contributed by atoms with Crippen LogP contribution < -0.4 is 0 Å². The highest BCUT2D eigenvalue weighted by Crippen LogP contribution is 2.30. The van der Waals surface area contributed by atoms with Gasteiger partial charge in [0.2, 0.25) is 0 Å². The van der Waals surface area contributed by atoms with Crippen molar-refractivity contribution < 1.29 is 9.90 Å². The third kappa shape index (κ3) is 2.57. The van der Waals surface area contributed by atoms with Crippen LogP contribution in [0, 0.1) is 0 Å². The summed E-state index contributed by atoms with van der Waals surface area (Å²) in [6.07, 6.45) is 6.81. The maximum Gasteiger partial charge on any atom is 0.323 e. The fraction of sp³-hybridized carbons (Fsp3) is 0.923. The monoisotopic (exact) mass is 227 g/mol. The summed E-state index contributed by atoms with van der Waals surface area (Å²) in [6.45, 7) is 6.75. The van der Waals surface area contributed by atoms with Crippen LogP contribution in [0.1, 0.15) is 59.3 Å². The predicted molar refractivity (Wildman–Crippen MR) is 65.6 cm³/mol. The van der Waals surface area contributed by atoms with E-state index in [0.29, 0.717) is 12.5 Å². The smallest absolute Gasteiger partial charge is 0.323 e. The normalized spacial score (nSPS) is 22.0. The number of carbonyl (C=O) groups is 1. The average molecular weight is 227 g/mol. The van der Waals surface area contributed by atoms with Crippen LogP contribution in [0.5, 0.6) is 0 Å². The Morgan fingerprint density at radius 1 is 1.31 bits per heavy atom. The molecular formula is C13H25NO2. The third-order valence-corrected chi connectivity index (χ3v) is 4.14. The molecule has 1 atom stereocenters. The van der Waals surface area contributed by atoms with Gasteiger partial charge in [-0.05, 0) is 32.7 Å². The molecule has 1 saturated carbocycles. The molecule has 1 N–H and O–H groups in total. The van der Waals surface area contributed by atoms with Gasteiger partial charge in [0.05, 0.1) is 0 Å². The number of rotatable bonds is 5. The van der Waals surface area contributed by atoms with E-state index in [1.54, 1.807) is 0 Å². The fourth-order valence-electron chi connectivity index (χ4n) is 2.88. The molecular weight excluding hydrogens is 202 g/mol. The molecule has 0 aromatic carbocycles. The zero-order valence-electron chi connectivity index (χ0n) is 10.8. The van der Waals surface area contributed by atoms with E-state index in [1.807, 2.05) is 13.8 Å². The highest BCUT2D eigenvalue weighted by Gasteiger charge is 2.40. The van der Waals surface area contributed by atoms with Crippen molar-refractivity contribution in [1.82, 2.24) is 4.90 Å². The highest BCUT2D eigenvalue weighted by atomic mass is 16.4. The van der Waals surface area contributed by atoms with Crippen molar-refractivity contribution in [2.45, 2.75) is 70.9 Å². The Bertz CT molecular complexity index is 236. The second-order valence-electron chi connectivity index (χ2n) is 5.01. The lowest BCUT2D eigenvalue weighted by molar-refractivity contribution is -0.153. The summed E-state index contributed by atoms with van der Waals surface area (Å²) in [7, 11) is 0. The summed E-state index contributed by atoms with van der Waals surface area (Å²) in [4.78, 5) is 13.7. The van der Waals surface area contributed by atoms with Crippen molar-refractivity contribution in [3.63, 3.8) is 0 Å². The number of carboxylic acids is 1. The van der Waals surface area contributed by atoms with Crippen LogP contribution in [-0.2, 0) is 4.79 Å². The van der Waals surface area contributed by atoms with Gasteiger partial charge in [-0.25, -0.2) is 0 Å². The van der Waals surface area contributed by atoms with E-state index in [-0.39, 0.29) is 0 Å². The molecule has 0 amide bonds. The van der Waals surface area contributed by atoms with Gasteiger partial charge in [0.1, 0.15) is 5.54 Å². The molecule has 1 unspecified atom stereocenters. The standard InChI is InChI=1S/C13H25NO2/c1-4-13(3,12(15)16)14(5-2)11-9-7-6-8-10-11/h11H,4-10H2,1-3H3,(H,15,16). The largest absolute Gasteiger partial charge is 0.480 e. The van der Waals surface area contributed by atoms with Crippen molar-refractivity contribution in [2.24, 2.45) is 0 Å². The number of carboxylic acid groups (broad SMARTS) is 1. The molecule has 0 aliphatic heterocycles. The van der Waals surface area contributed by atoms with Crippen LogP contribution in [0.25, 0.3) is 0 Å². The number of likely N-dealkylation sites (N-methyl/N-ethyl adjacent to an activating group) is 1. The Morgan fingerprint density at radius 2 is 1.88 bits per heavy atom. The summed E-state index contributed by atoms with van der Waals surface area (Å²) in [5, 5.41) is 9.42. The Hall–Kier alpha value is -0.570. The van der Waals surface area contributed by atoms with E-state index >= 15 is 0 Å². The summed E-state index contributed by atoms with van der Waals surface area (Å²) in [6, 6.07) is 0.472.